The Morgan fingerprint density at radius 1 is 1.04 bits per heavy atom. The molecule has 0 spiro atoms. The molecule has 1 aromatic carbocycles. The normalized spacial score (nSPS) is 24.3. The SMILES string of the molecule is O=C(O)C1CCC(NC(=O)N2CCN(Cc3ccc(Cl)cc3)CC2)CC1. The first-order valence-corrected chi connectivity index (χ1v) is 9.64. The highest BCUT2D eigenvalue weighted by Crippen LogP contribution is 2.24. The molecule has 0 unspecified atom stereocenters. The number of carbonyl (C=O) groups is 2. The van der Waals surface area contributed by atoms with Crippen LogP contribution >= 0.6 is 11.6 Å². The van der Waals surface area contributed by atoms with Crippen LogP contribution in [0.15, 0.2) is 24.3 Å². The van der Waals surface area contributed by atoms with Crippen molar-refractivity contribution in [2.75, 3.05) is 26.2 Å². The van der Waals surface area contributed by atoms with Crippen LogP contribution in [0, 0.1) is 5.92 Å². The quantitative estimate of drug-likeness (QED) is 0.843. The summed E-state index contributed by atoms with van der Waals surface area (Å²) in [6.07, 6.45) is 2.79. The minimum Gasteiger partial charge on any atom is -0.481 e. The lowest BCUT2D eigenvalue weighted by molar-refractivity contribution is -0.142. The second-order valence-corrected chi connectivity index (χ2v) is 7.66. The Morgan fingerprint density at radius 3 is 2.23 bits per heavy atom. The molecule has 2 fully saturated rings. The summed E-state index contributed by atoms with van der Waals surface area (Å²) < 4.78 is 0. The van der Waals surface area contributed by atoms with Crippen LogP contribution in [-0.2, 0) is 11.3 Å². The van der Waals surface area contributed by atoms with E-state index in [1.165, 1.54) is 5.56 Å². The van der Waals surface area contributed by atoms with Gasteiger partial charge in [-0.2, -0.15) is 0 Å². The van der Waals surface area contributed by atoms with Gasteiger partial charge in [0.15, 0.2) is 0 Å². The van der Waals surface area contributed by atoms with Gasteiger partial charge in [0.1, 0.15) is 0 Å². The van der Waals surface area contributed by atoms with Crippen molar-refractivity contribution < 1.29 is 14.7 Å². The van der Waals surface area contributed by atoms with Crippen LogP contribution in [0.25, 0.3) is 0 Å². The number of nitrogens with zero attached hydrogens (tertiary/aromatic N) is 2. The molecule has 7 heteroatoms. The molecule has 3 rings (SSSR count). The number of halogens is 1. The van der Waals surface area contributed by atoms with Crippen LogP contribution in [-0.4, -0.2) is 59.1 Å². The van der Waals surface area contributed by atoms with Gasteiger partial charge in [0.25, 0.3) is 0 Å². The van der Waals surface area contributed by atoms with Crippen LogP contribution in [0.3, 0.4) is 0 Å². The number of urea groups is 1. The number of carboxylic acids is 1. The van der Waals surface area contributed by atoms with E-state index in [0.29, 0.717) is 25.9 Å². The summed E-state index contributed by atoms with van der Waals surface area (Å²) in [5, 5.41) is 12.9. The highest BCUT2D eigenvalue weighted by atomic mass is 35.5. The molecule has 2 N–H and O–H groups in total. The smallest absolute Gasteiger partial charge is 0.317 e. The second kappa shape index (κ2) is 8.73. The summed E-state index contributed by atoms with van der Waals surface area (Å²) in [5.41, 5.74) is 1.22. The van der Waals surface area contributed by atoms with Crippen molar-refractivity contribution in [3.8, 4) is 0 Å². The predicted molar refractivity (Wildman–Crippen MR) is 100 cm³/mol. The molecule has 0 radical (unpaired) electrons. The summed E-state index contributed by atoms with van der Waals surface area (Å²) in [4.78, 5) is 27.7. The predicted octanol–water partition coefficient (Wildman–Crippen LogP) is 2.81. The van der Waals surface area contributed by atoms with Gasteiger partial charge in [-0.25, -0.2) is 4.79 Å². The lowest BCUT2D eigenvalue weighted by atomic mass is 9.86. The van der Waals surface area contributed by atoms with Crippen LogP contribution in [0.2, 0.25) is 5.02 Å². The first-order chi connectivity index (χ1) is 12.5. The third-order valence-corrected chi connectivity index (χ3v) is 5.63. The number of carbonyl (C=O) groups excluding carboxylic acids is 1. The number of carboxylic acid groups (broad SMARTS) is 1. The fourth-order valence-electron chi connectivity index (χ4n) is 3.71. The largest absolute Gasteiger partial charge is 0.481 e. The Labute approximate surface area is 159 Å². The number of rotatable bonds is 4. The highest BCUT2D eigenvalue weighted by molar-refractivity contribution is 6.30. The van der Waals surface area contributed by atoms with Gasteiger partial charge in [-0.3, -0.25) is 9.69 Å². The Morgan fingerprint density at radius 2 is 1.65 bits per heavy atom. The Balaban J connectivity index is 1.39. The van der Waals surface area contributed by atoms with Gasteiger partial charge in [0.05, 0.1) is 5.92 Å². The van der Waals surface area contributed by atoms with Gasteiger partial charge in [-0.15, -0.1) is 0 Å². The van der Waals surface area contributed by atoms with Crippen molar-refractivity contribution >= 4 is 23.6 Å². The first-order valence-electron chi connectivity index (χ1n) is 9.26. The van der Waals surface area contributed by atoms with Crippen molar-refractivity contribution in [2.45, 2.75) is 38.3 Å². The van der Waals surface area contributed by atoms with E-state index in [2.05, 4.69) is 10.2 Å². The molecule has 6 nitrogen and oxygen atoms in total. The molecule has 1 saturated carbocycles. The molecular weight excluding hydrogens is 354 g/mol. The molecule has 1 heterocycles. The summed E-state index contributed by atoms with van der Waals surface area (Å²) in [5.74, 6) is -0.967. The molecule has 1 aliphatic heterocycles. The molecule has 1 saturated heterocycles. The molecule has 2 amide bonds. The number of hydrogen-bond acceptors (Lipinski definition) is 3. The van der Waals surface area contributed by atoms with E-state index in [0.717, 1.165) is 37.5 Å². The number of piperazine rings is 1. The number of nitrogens with one attached hydrogen (secondary N) is 1. The Kier molecular flexibility index (Phi) is 6.38. The van der Waals surface area contributed by atoms with Gasteiger partial charge in [-0.05, 0) is 43.4 Å². The van der Waals surface area contributed by atoms with Crippen molar-refractivity contribution in [2.24, 2.45) is 5.92 Å². The standard InChI is InChI=1S/C19H26ClN3O3/c20-16-5-1-14(2-6-16)13-22-9-11-23(12-10-22)19(26)21-17-7-3-15(4-8-17)18(24)25/h1-2,5-6,15,17H,3-4,7-13H2,(H,21,26)(H,24,25). The lowest BCUT2D eigenvalue weighted by Gasteiger charge is -2.36. The Bertz CT molecular complexity index is 621. The third-order valence-electron chi connectivity index (χ3n) is 5.38. The molecule has 26 heavy (non-hydrogen) atoms. The van der Waals surface area contributed by atoms with Gasteiger partial charge in [0, 0.05) is 43.8 Å². The second-order valence-electron chi connectivity index (χ2n) is 7.23. The van der Waals surface area contributed by atoms with Crippen LogP contribution in [0.5, 0.6) is 0 Å². The molecule has 0 aromatic heterocycles. The van der Waals surface area contributed by atoms with Crippen LogP contribution in [0.4, 0.5) is 4.79 Å². The molecule has 1 aromatic rings. The number of aliphatic carboxylic acids is 1. The van der Waals surface area contributed by atoms with E-state index in [9.17, 15) is 9.59 Å². The molecule has 2 aliphatic rings. The minimum atomic E-state index is -0.716. The van der Waals surface area contributed by atoms with Gasteiger partial charge >= 0.3 is 12.0 Å². The summed E-state index contributed by atoms with van der Waals surface area (Å²) in [6.45, 7) is 3.99. The lowest BCUT2D eigenvalue weighted by Crippen LogP contribution is -2.53. The average molecular weight is 380 g/mol. The highest BCUT2D eigenvalue weighted by Gasteiger charge is 2.28. The maximum Gasteiger partial charge on any atom is 0.317 e. The fraction of sp³-hybridized carbons (Fsp3) is 0.579. The fourth-order valence-corrected chi connectivity index (χ4v) is 3.83. The molecular formula is C19H26ClN3O3. The van der Waals surface area contributed by atoms with Crippen LogP contribution in [0.1, 0.15) is 31.2 Å². The van der Waals surface area contributed by atoms with Crippen LogP contribution < -0.4 is 5.32 Å². The zero-order valence-electron chi connectivity index (χ0n) is 14.9. The minimum absolute atomic E-state index is 0.0186. The third kappa shape index (κ3) is 5.11. The monoisotopic (exact) mass is 379 g/mol. The van der Waals surface area contributed by atoms with Crippen molar-refractivity contribution in [1.82, 2.24) is 15.1 Å². The summed E-state index contributed by atoms with van der Waals surface area (Å²) >= 11 is 5.92. The van der Waals surface area contributed by atoms with E-state index in [1.807, 2.05) is 29.2 Å². The first kappa shape index (κ1) is 19.0. The summed E-state index contributed by atoms with van der Waals surface area (Å²) in [7, 11) is 0. The van der Waals surface area contributed by atoms with Gasteiger partial charge in [0.2, 0.25) is 0 Å². The van der Waals surface area contributed by atoms with Crippen molar-refractivity contribution in [1.29, 1.82) is 0 Å². The van der Waals surface area contributed by atoms with Gasteiger partial charge < -0.3 is 15.3 Å². The Hall–Kier alpha value is -1.79. The van der Waals surface area contributed by atoms with Crippen molar-refractivity contribution in [3.63, 3.8) is 0 Å². The van der Waals surface area contributed by atoms with E-state index >= 15 is 0 Å². The maximum atomic E-state index is 12.4. The summed E-state index contributed by atoms with van der Waals surface area (Å²) in [6, 6.07) is 7.96. The van der Waals surface area contributed by atoms with Crippen molar-refractivity contribution in [3.05, 3.63) is 34.9 Å². The number of benzene rings is 1. The molecule has 0 bridgehead atoms. The number of amides is 2. The zero-order chi connectivity index (χ0) is 18.5. The van der Waals surface area contributed by atoms with E-state index in [1.54, 1.807) is 0 Å². The van der Waals surface area contributed by atoms with E-state index < -0.39 is 5.97 Å². The molecule has 142 valence electrons. The topological polar surface area (TPSA) is 72.9 Å². The van der Waals surface area contributed by atoms with Gasteiger partial charge in [-0.1, -0.05) is 23.7 Å². The maximum absolute atomic E-state index is 12.4. The number of hydrogen-bond donors (Lipinski definition) is 2. The average Bonchev–Trinajstić information content (AvgIpc) is 2.64. The zero-order valence-corrected chi connectivity index (χ0v) is 15.6. The van der Waals surface area contributed by atoms with E-state index in [-0.39, 0.29) is 18.0 Å². The van der Waals surface area contributed by atoms with E-state index in [4.69, 9.17) is 16.7 Å². The molecule has 1 aliphatic carbocycles. The molecule has 0 atom stereocenters.